The molecule has 0 radical (unpaired) electrons. The molecule has 15 nitrogen and oxygen atoms in total. The zero-order chi connectivity index (χ0) is 30.5. The molecule has 41 heavy (non-hydrogen) atoms. The standard InChI is InChI=1S/C25H37N9O6S/c26-15(5-3-9-30-25(28)29)21(36)34-19(12-41)23(38)32-17(7-8-20(27)35)22(37)33-18(24(39)40)10-13-11-31-16-6-2-1-4-14(13)16/h1-2,4,6,11,15,17-19,31,41H,3,5,7-10,12,26H2,(H2,27,35)(H,32,38)(H,33,37)(H,34,36)(H,39,40)(H4,28,29,30). The SMILES string of the molecule is NC(=O)CCC(NC(=O)C(CS)NC(=O)C(N)CCCN=C(N)N)C(=O)NC(Cc1c[nH]c2ccccc12)C(=O)O. The number of hydrogen-bond donors (Lipinski definition) is 10. The van der Waals surface area contributed by atoms with E-state index < -0.39 is 53.8 Å². The number of fused-ring (bicyclic) bond motifs is 1. The number of benzene rings is 1. The number of aliphatic imine (C=N–C) groups is 1. The molecule has 0 spiro atoms. The molecule has 16 heteroatoms. The summed E-state index contributed by atoms with van der Waals surface area (Å²) in [7, 11) is 0. The van der Waals surface area contributed by atoms with Gasteiger partial charge in [0.2, 0.25) is 23.6 Å². The van der Waals surface area contributed by atoms with E-state index in [9.17, 15) is 29.1 Å². The third-order valence-electron chi connectivity index (χ3n) is 6.15. The van der Waals surface area contributed by atoms with Gasteiger partial charge in [0.15, 0.2) is 5.96 Å². The maximum atomic E-state index is 13.1. The number of nitrogens with zero attached hydrogens (tertiary/aromatic N) is 1. The van der Waals surface area contributed by atoms with Crippen molar-refractivity contribution < 1.29 is 29.1 Å². The number of aromatic nitrogens is 1. The molecular formula is C25H37N9O6S. The van der Waals surface area contributed by atoms with Gasteiger partial charge in [-0.05, 0) is 30.9 Å². The van der Waals surface area contributed by atoms with E-state index in [0.29, 0.717) is 12.0 Å². The van der Waals surface area contributed by atoms with E-state index >= 15 is 0 Å². The first-order valence-electron chi connectivity index (χ1n) is 12.8. The van der Waals surface area contributed by atoms with Crippen molar-refractivity contribution in [2.24, 2.45) is 27.9 Å². The van der Waals surface area contributed by atoms with Crippen LogP contribution in [0.15, 0.2) is 35.5 Å². The quantitative estimate of drug-likeness (QED) is 0.0414. The monoisotopic (exact) mass is 591 g/mol. The molecular weight excluding hydrogens is 554 g/mol. The summed E-state index contributed by atoms with van der Waals surface area (Å²) in [5.74, 6) is -4.50. The van der Waals surface area contributed by atoms with Gasteiger partial charge in [-0.2, -0.15) is 12.6 Å². The Labute approximate surface area is 241 Å². The van der Waals surface area contributed by atoms with Gasteiger partial charge in [-0.1, -0.05) is 18.2 Å². The minimum atomic E-state index is -1.34. The number of rotatable bonds is 17. The maximum absolute atomic E-state index is 13.1. The summed E-state index contributed by atoms with van der Waals surface area (Å²) >= 11 is 4.11. The van der Waals surface area contributed by atoms with Crippen molar-refractivity contribution in [2.75, 3.05) is 12.3 Å². The highest BCUT2D eigenvalue weighted by molar-refractivity contribution is 7.80. The molecule has 13 N–H and O–H groups in total. The fourth-order valence-corrected chi connectivity index (χ4v) is 4.20. The number of carboxylic acids is 1. The summed E-state index contributed by atoms with van der Waals surface area (Å²) in [4.78, 5) is 68.9. The molecule has 2 aromatic rings. The Kier molecular flexibility index (Phi) is 12.9. The van der Waals surface area contributed by atoms with Crippen molar-refractivity contribution in [3.05, 3.63) is 36.0 Å². The molecule has 0 bridgehead atoms. The largest absolute Gasteiger partial charge is 0.480 e. The number of carbonyl (C=O) groups is 5. The number of amides is 4. The number of carbonyl (C=O) groups excluding carboxylic acids is 4. The van der Waals surface area contributed by atoms with Crippen LogP contribution in [0.1, 0.15) is 31.2 Å². The summed E-state index contributed by atoms with van der Waals surface area (Å²) in [6.45, 7) is 0.272. The number of nitrogens with one attached hydrogen (secondary N) is 4. The normalized spacial score (nSPS) is 13.8. The summed E-state index contributed by atoms with van der Waals surface area (Å²) in [5.41, 5.74) is 23.1. The second-order valence-corrected chi connectivity index (χ2v) is 9.69. The molecule has 0 saturated heterocycles. The van der Waals surface area contributed by atoms with Crippen LogP contribution in [-0.2, 0) is 30.4 Å². The molecule has 1 aromatic heterocycles. The molecule has 4 unspecified atom stereocenters. The molecule has 0 fully saturated rings. The van der Waals surface area contributed by atoms with Crippen LogP contribution in [0.5, 0.6) is 0 Å². The Bertz CT molecular complexity index is 1260. The van der Waals surface area contributed by atoms with E-state index in [1.54, 1.807) is 12.3 Å². The van der Waals surface area contributed by atoms with E-state index in [-0.39, 0.29) is 43.9 Å². The summed E-state index contributed by atoms with van der Waals surface area (Å²) in [6.07, 6.45) is 1.80. The van der Waals surface area contributed by atoms with Crippen LogP contribution < -0.4 is 38.9 Å². The van der Waals surface area contributed by atoms with E-state index in [0.717, 1.165) is 10.9 Å². The number of aromatic amines is 1. The van der Waals surface area contributed by atoms with Crippen LogP contribution in [-0.4, -0.2) is 82.1 Å². The molecule has 4 atom stereocenters. The van der Waals surface area contributed by atoms with Gasteiger partial charge in [0.1, 0.15) is 18.1 Å². The molecule has 0 aliphatic heterocycles. The van der Waals surface area contributed by atoms with Gasteiger partial charge in [-0.3, -0.25) is 24.2 Å². The number of primary amides is 1. The van der Waals surface area contributed by atoms with Crippen molar-refractivity contribution in [1.82, 2.24) is 20.9 Å². The lowest BCUT2D eigenvalue weighted by Gasteiger charge is -2.24. The minimum Gasteiger partial charge on any atom is -0.480 e. The summed E-state index contributed by atoms with van der Waals surface area (Å²) in [6, 6.07) is 2.47. The number of thiol groups is 1. The molecule has 4 amide bonds. The number of para-hydroxylation sites is 1. The van der Waals surface area contributed by atoms with Crippen molar-refractivity contribution in [3.8, 4) is 0 Å². The molecule has 0 aliphatic carbocycles. The van der Waals surface area contributed by atoms with Gasteiger partial charge in [-0.25, -0.2) is 4.79 Å². The lowest BCUT2D eigenvalue weighted by atomic mass is 10.0. The van der Waals surface area contributed by atoms with Crippen molar-refractivity contribution >= 4 is 59.1 Å². The average Bonchev–Trinajstić information content (AvgIpc) is 3.33. The van der Waals surface area contributed by atoms with Crippen molar-refractivity contribution in [2.45, 2.75) is 56.3 Å². The number of guanidine groups is 1. The van der Waals surface area contributed by atoms with Crippen LogP contribution in [0.2, 0.25) is 0 Å². The number of hydrogen-bond acceptors (Lipinski definition) is 8. The highest BCUT2D eigenvalue weighted by atomic mass is 32.1. The third kappa shape index (κ3) is 10.6. The number of nitrogens with two attached hydrogens (primary N) is 4. The van der Waals surface area contributed by atoms with Gasteiger partial charge < -0.3 is 49.0 Å². The maximum Gasteiger partial charge on any atom is 0.326 e. The zero-order valence-electron chi connectivity index (χ0n) is 22.3. The minimum absolute atomic E-state index is 0.0437. The van der Waals surface area contributed by atoms with Gasteiger partial charge >= 0.3 is 5.97 Å². The average molecular weight is 592 g/mol. The van der Waals surface area contributed by atoms with Crippen LogP contribution in [0.25, 0.3) is 10.9 Å². The molecule has 0 aliphatic rings. The van der Waals surface area contributed by atoms with E-state index in [1.165, 1.54) is 0 Å². The Hall–Kier alpha value is -4.31. The Morgan fingerprint density at radius 2 is 1.56 bits per heavy atom. The highest BCUT2D eigenvalue weighted by Crippen LogP contribution is 2.19. The first kappa shape index (κ1) is 32.9. The Morgan fingerprint density at radius 1 is 0.927 bits per heavy atom. The summed E-state index contributed by atoms with van der Waals surface area (Å²) < 4.78 is 0. The zero-order valence-corrected chi connectivity index (χ0v) is 23.2. The topological polar surface area (TPSA) is 274 Å². The van der Waals surface area contributed by atoms with Gasteiger partial charge in [0, 0.05) is 42.2 Å². The fourth-order valence-electron chi connectivity index (χ4n) is 3.94. The second kappa shape index (κ2) is 16.1. The van der Waals surface area contributed by atoms with Gasteiger partial charge in [-0.15, -0.1) is 0 Å². The lowest BCUT2D eigenvalue weighted by molar-refractivity contribution is -0.142. The van der Waals surface area contributed by atoms with Crippen molar-refractivity contribution in [1.29, 1.82) is 0 Å². The summed E-state index contributed by atoms with van der Waals surface area (Å²) in [5, 5.41) is 17.9. The third-order valence-corrected chi connectivity index (χ3v) is 6.51. The van der Waals surface area contributed by atoms with Gasteiger partial charge in [0.05, 0.1) is 6.04 Å². The van der Waals surface area contributed by atoms with Crippen LogP contribution >= 0.6 is 12.6 Å². The van der Waals surface area contributed by atoms with Crippen LogP contribution in [0.4, 0.5) is 0 Å². The van der Waals surface area contributed by atoms with Crippen molar-refractivity contribution in [3.63, 3.8) is 0 Å². The molecule has 224 valence electrons. The Balaban J connectivity index is 2.08. The number of carboxylic acid groups (broad SMARTS) is 1. The molecule has 1 aromatic carbocycles. The first-order chi connectivity index (χ1) is 19.4. The molecule has 0 saturated carbocycles. The van der Waals surface area contributed by atoms with E-state index in [1.807, 2.05) is 18.2 Å². The van der Waals surface area contributed by atoms with Crippen LogP contribution in [0.3, 0.4) is 0 Å². The number of aliphatic carboxylic acids is 1. The lowest BCUT2D eigenvalue weighted by Crippen LogP contribution is -2.58. The van der Waals surface area contributed by atoms with E-state index in [4.69, 9.17) is 22.9 Å². The fraction of sp³-hybridized carbons (Fsp3) is 0.440. The Morgan fingerprint density at radius 3 is 2.20 bits per heavy atom. The predicted octanol–water partition coefficient (Wildman–Crippen LogP) is -2.17. The second-order valence-electron chi connectivity index (χ2n) is 9.33. The first-order valence-corrected chi connectivity index (χ1v) is 13.4. The van der Waals surface area contributed by atoms with Crippen LogP contribution in [0, 0.1) is 0 Å². The molecule has 1 heterocycles. The predicted molar refractivity (Wildman–Crippen MR) is 156 cm³/mol. The van der Waals surface area contributed by atoms with E-state index in [2.05, 4.69) is 38.6 Å². The number of H-pyrrole nitrogens is 1. The van der Waals surface area contributed by atoms with Gasteiger partial charge in [0.25, 0.3) is 0 Å². The smallest absolute Gasteiger partial charge is 0.326 e. The highest BCUT2D eigenvalue weighted by Gasteiger charge is 2.30. The molecule has 2 rings (SSSR count).